The molecule has 0 aliphatic carbocycles. The van der Waals surface area contributed by atoms with E-state index in [1.807, 2.05) is 60.7 Å². The molecule has 0 heterocycles. The molecule has 1 unspecified atom stereocenters. The summed E-state index contributed by atoms with van der Waals surface area (Å²) in [5.41, 5.74) is 2.18. The molecule has 3 aromatic carbocycles. The predicted molar refractivity (Wildman–Crippen MR) is 116 cm³/mol. The summed E-state index contributed by atoms with van der Waals surface area (Å²) < 4.78 is 5.31. The van der Waals surface area contributed by atoms with Crippen LogP contribution in [0.5, 0.6) is 0 Å². The van der Waals surface area contributed by atoms with Gasteiger partial charge in [-0.2, -0.15) is 0 Å². The summed E-state index contributed by atoms with van der Waals surface area (Å²) in [4.78, 5) is 35.7. The molecule has 0 saturated carbocycles. The summed E-state index contributed by atoms with van der Waals surface area (Å²) in [6.45, 7) is 3.02. The van der Waals surface area contributed by atoms with Crippen molar-refractivity contribution in [2.24, 2.45) is 0 Å². The van der Waals surface area contributed by atoms with Crippen molar-refractivity contribution in [3.05, 3.63) is 111 Å². The quantitative estimate of drug-likeness (QED) is 0.349. The van der Waals surface area contributed by atoms with Crippen LogP contribution >= 0.6 is 0 Å². The number of nitro groups is 1. The molecule has 0 aliphatic rings. The van der Waals surface area contributed by atoms with Crippen LogP contribution in [0.4, 0.5) is 5.69 Å². The van der Waals surface area contributed by atoms with Gasteiger partial charge in [-0.05, 0) is 37.1 Å². The van der Waals surface area contributed by atoms with Crippen molar-refractivity contribution in [2.45, 2.75) is 26.0 Å². The first-order valence-electron chi connectivity index (χ1n) is 9.73. The zero-order valence-corrected chi connectivity index (χ0v) is 17.1. The minimum absolute atomic E-state index is 0.0871. The van der Waals surface area contributed by atoms with Crippen LogP contribution < -0.4 is 5.32 Å². The molecule has 0 bridgehead atoms. The number of benzene rings is 3. The van der Waals surface area contributed by atoms with Crippen LogP contribution in [-0.2, 0) is 9.53 Å². The molecule has 0 radical (unpaired) electrons. The number of ether oxygens (including phenoxy) is 1. The van der Waals surface area contributed by atoms with E-state index in [9.17, 15) is 19.7 Å². The Balaban J connectivity index is 1.73. The first-order chi connectivity index (χ1) is 14.9. The SMILES string of the molecule is Cc1cc(C(=O)OC(C)C(=O)NC(c2ccccc2)c2ccccc2)ccc1[N+](=O)[O-]. The molecule has 3 rings (SSSR count). The number of nitrogens with one attached hydrogen (secondary N) is 1. The van der Waals surface area contributed by atoms with Crippen molar-refractivity contribution in [1.29, 1.82) is 0 Å². The monoisotopic (exact) mass is 418 g/mol. The molecule has 3 aromatic rings. The third-order valence-electron chi connectivity index (χ3n) is 4.83. The highest BCUT2D eigenvalue weighted by Gasteiger charge is 2.24. The summed E-state index contributed by atoms with van der Waals surface area (Å²) in [6.07, 6.45) is -1.06. The average Bonchev–Trinajstić information content (AvgIpc) is 2.78. The maximum atomic E-state index is 12.8. The highest BCUT2D eigenvalue weighted by molar-refractivity contribution is 5.92. The lowest BCUT2D eigenvalue weighted by molar-refractivity contribution is -0.385. The molecule has 1 atom stereocenters. The van der Waals surface area contributed by atoms with Crippen LogP contribution in [0.3, 0.4) is 0 Å². The number of carbonyl (C=O) groups is 2. The average molecular weight is 418 g/mol. The van der Waals surface area contributed by atoms with Gasteiger partial charge in [-0.25, -0.2) is 4.79 Å². The van der Waals surface area contributed by atoms with Crippen molar-refractivity contribution in [3.8, 4) is 0 Å². The predicted octanol–water partition coefficient (Wildman–Crippen LogP) is 4.35. The number of esters is 1. The van der Waals surface area contributed by atoms with Gasteiger partial charge in [-0.15, -0.1) is 0 Å². The first kappa shape index (κ1) is 21.7. The molecule has 7 nitrogen and oxygen atoms in total. The van der Waals surface area contributed by atoms with Crippen molar-refractivity contribution >= 4 is 17.6 Å². The zero-order valence-electron chi connectivity index (χ0n) is 17.1. The molecule has 1 N–H and O–H groups in total. The van der Waals surface area contributed by atoms with Gasteiger partial charge < -0.3 is 10.1 Å². The normalized spacial score (nSPS) is 11.6. The summed E-state index contributed by atoms with van der Waals surface area (Å²) in [5.74, 6) is -1.18. The van der Waals surface area contributed by atoms with Gasteiger partial charge in [-0.3, -0.25) is 14.9 Å². The molecule has 0 aromatic heterocycles. The van der Waals surface area contributed by atoms with Gasteiger partial charge in [0.25, 0.3) is 11.6 Å². The minimum Gasteiger partial charge on any atom is -0.449 e. The lowest BCUT2D eigenvalue weighted by Crippen LogP contribution is -2.38. The molecule has 0 saturated heterocycles. The van der Waals surface area contributed by atoms with E-state index in [2.05, 4.69) is 5.32 Å². The van der Waals surface area contributed by atoms with Gasteiger partial charge in [0, 0.05) is 11.6 Å². The fourth-order valence-electron chi connectivity index (χ4n) is 3.18. The van der Waals surface area contributed by atoms with Gasteiger partial charge in [0.2, 0.25) is 0 Å². The molecule has 7 heteroatoms. The lowest BCUT2D eigenvalue weighted by atomic mass is 9.98. The minimum atomic E-state index is -1.06. The Hall–Kier alpha value is -4.00. The van der Waals surface area contributed by atoms with Crippen molar-refractivity contribution in [1.82, 2.24) is 5.32 Å². The highest BCUT2D eigenvalue weighted by atomic mass is 16.6. The number of hydrogen-bond acceptors (Lipinski definition) is 5. The number of carbonyl (C=O) groups excluding carboxylic acids is 2. The van der Waals surface area contributed by atoms with Gasteiger partial charge in [0.15, 0.2) is 6.10 Å². The smallest absolute Gasteiger partial charge is 0.338 e. The highest BCUT2D eigenvalue weighted by Crippen LogP contribution is 2.23. The lowest BCUT2D eigenvalue weighted by Gasteiger charge is -2.22. The van der Waals surface area contributed by atoms with Gasteiger partial charge in [0.05, 0.1) is 16.5 Å². The summed E-state index contributed by atoms with van der Waals surface area (Å²) >= 11 is 0. The van der Waals surface area contributed by atoms with Crippen molar-refractivity contribution in [3.63, 3.8) is 0 Å². The summed E-state index contributed by atoms with van der Waals surface area (Å²) in [7, 11) is 0. The molecule has 0 spiro atoms. The fraction of sp³-hybridized carbons (Fsp3) is 0.167. The van der Waals surface area contributed by atoms with Gasteiger partial charge in [0.1, 0.15) is 0 Å². The molecule has 158 valence electrons. The zero-order chi connectivity index (χ0) is 22.4. The molecular formula is C24H22N2O5. The molecule has 31 heavy (non-hydrogen) atoms. The Morgan fingerprint density at radius 2 is 1.48 bits per heavy atom. The Morgan fingerprint density at radius 3 is 1.97 bits per heavy atom. The fourth-order valence-corrected chi connectivity index (χ4v) is 3.18. The summed E-state index contributed by atoms with van der Waals surface area (Å²) in [6, 6.07) is 22.5. The molecule has 1 amide bonds. The number of amides is 1. The van der Waals surface area contributed by atoms with Crippen LogP contribution in [0.2, 0.25) is 0 Å². The number of nitro benzene ring substituents is 1. The third kappa shape index (κ3) is 5.33. The largest absolute Gasteiger partial charge is 0.449 e. The van der Waals surface area contributed by atoms with Crippen LogP contribution in [-0.4, -0.2) is 22.9 Å². The summed E-state index contributed by atoms with van der Waals surface area (Å²) in [5, 5.41) is 13.9. The molecular weight excluding hydrogens is 396 g/mol. The van der Waals surface area contributed by atoms with E-state index < -0.39 is 28.9 Å². The van der Waals surface area contributed by atoms with E-state index in [1.165, 1.54) is 32.0 Å². The van der Waals surface area contributed by atoms with E-state index in [1.54, 1.807) is 0 Å². The van der Waals surface area contributed by atoms with Crippen LogP contribution in [0, 0.1) is 17.0 Å². The second-order valence-electron chi connectivity index (χ2n) is 7.07. The van der Waals surface area contributed by atoms with E-state index in [4.69, 9.17) is 4.74 Å². The number of hydrogen-bond donors (Lipinski definition) is 1. The number of rotatable bonds is 7. The number of aryl methyl sites for hydroxylation is 1. The molecule has 0 aliphatic heterocycles. The van der Waals surface area contributed by atoms with Crippen molar-refractivity contribution in [2.75, 3.05) is 0 Å². The van der Waals surface area contributed by atoms with Crippen LogP contribution in [0.15, 0.2) is 78.9 Å². The first-order valence-corrected chi connectivity index (χ1v) is 9.73. The maximum Gasteiger partial charge on any atom is 0.338 e. The second-order valence-corrected chi connectivity index (χ2v) is 7.07. The van der Waals surface area contributed by atoms with Crippen LogP contribution in [0.1, 0.15) is 40.0 Å². The Morgan fingerprint density at radius 1 is 0.935 bits per heavy atom. The van der Waals surface area contributed by atoms with Gasteiger partial charge >= 0.3 is 5.97 Å². The Bertz CT molecular complexity index is 1040. The van der Waals surface area contributed by atoms with E-state index in [0.29, 0.717) is 5.56 Å². The van der Waals surface area contributed by atoms with E-state index in [0.717, 1.165) is 11.1 Å². The van der Waals surface area contributed by atoms with E-state index >= 15 is 0 Å². The molecule has 0 fully saturated rings. The van der Waals surface area contributed by atoms with Crippen molar-refractivity contribution < 1.29 is 19.2 Å². The van der Waals surface area contributed by atoms with Gasteiger partial charge in [-0.1, -0.05) is 60.7 Å². The topological polar surface area (TPSA) is 98.5 Å². The van der Waals surface area contributed by atoms with Crippen LogP contribution in [0.25, 0.3) is 0 Å². The standard InChI is InChI=1S/C24H22N2O5/c1-16-15-20(13-14-21(16)26(29)30)24(28)31-17(2)23(27)25-22(18-9-5-3-6-10-18)19-11-7-4-8-12-19/h3-15,17,22H,1-2H3,(H,25,27). The Kier molecular flexibility index (Phi) is 6.77. The number of nitrogens with zero attached hydrogens (tertiary/aromatic N) is 1. The Labute approximate surface area is 179 Å². The second kappa shape index (κ2) is 9.67. The van der Waals surface area contributed by atoms with E-state index in [-0.39, 0.29) is 11.3 Å². The maximum absolute atomic E-state index is 12.8. The third-order valence-corrected chi connectivity index (χ3v) is 4.83.